The number of likely N-dealkylation sites (N-methyl/N-ethyl adjacent to an activating group) is 1. The second-order valence-corrected chi connectivity index (χ2v) is 4.69. The number of carbonyl (C=O) groups is 1. The van der Waals surface area contributed by atoms with E-state index >= 15 is 0 Å². The number of hydrogen-bond donors (Lipinski definition) is 0. The molecule has 0 saturated heterocycles. The van der Waals surface area contributed by atoms with E-state index in [1.165, 1.54) is 12.8 Å². The zero-order chi connectivity index (χ0) is 12.2. The molecule has 0 radical (unpaired) electrons. The molecule has 16 heavy (non-hydrogen) atoms. The molecule has 0 bridgehead atoms. The number of carbonyl (C=O) groups excluding carboxylic acids is 1. The molecule has 0 aromatic carbocycles. The minimum atomic E-state index is -0.180. The monoisotopic (exact) mass is 229 g/mol. The zero-order valence-electron chi connectivity index (χ0n) is 10.8. The Labute approximate surface area is 97.9 Å². The van der Waals surface area contributed by atoms with Gasteiger partial charge in [0.05, 0.1) is 25.2 Å². The first kappa shape index (κ1) is 13.5. The van der Waals surface area contributed by atoms with Crippen molar-refractivity contribution in [3.63, 3.8) is 0 Å². The average molecular weight is 229 g/mol. The fourth-order valence-corrected chi connectivity index (χ4v) is 2.30. The maximum absolute atomic E-state index is 11.7. The van der Waals surface area contributed by atoms with Gasteiger partial charge in [-0.1, -0.05) is 0 Å². The molecule has 0 aromatic heterocycles. The fourth-order valence-electron chi connectivity index (χ4n) is 2.30. The minimum Gasteiger partial charge on any atom is -0.466 e. The number of methoxy groups -OCH3 is 1. The van der Waals surface area contributed by atoms with Gasteiger partial charge in [-0.05, 0) is 39.8 Å². The molecule has 0 heterocycles. The van der Waals surface area contributed by atoms with E-state index in [0.29, 0.717) is 25.6 Å². The molecule has 94 valence electrons. The maximum atomic E-state index is 11.7. The van der Waals surface area contributed by atoms with Gasteiger partial charge in [0.25, 0.3) is 0 Å². The summed E-state index contributed by atoms with van der Waals surface area (Å²) in [5, 5.41) is 0. The Kier molecular flexibility index (Phi) is 4.74. The van der Waals surface area contributed by atoms with Gasteiger partial charge in [0.1, 0.15) is 0 Å². The van der Waals surface area contributed by atoms with Crippen LogP contribution in [0.25, 0.3) is 0 Å². The van der Waals surface area contributed by atoms with E-state index in [9.17, 15) is 4.79 Å². The van der Waals surface area contributed by atoms with Gasteiger partial charge in [-0.15, -0.1) is 0 Å². The van der Waals surface area contributed by atoms with E-state index in [2.05, 4.69) is 4.90 Å². The second kappa shape index (κ2) is 5.64. The van der Waals surface area contributed by atoms with Crippen LogP contribution in [0.3, 0.4) is 0 Å². The first-order valence-electron chi connectivity index (χ1n) is 5.88. The predicted molar refractivity (Wildman–Crippen MR) is 62.3 cm³/mol. The van der Waals surface area contributed by atoms with Gasteiger partial charge in [-0.3, -0.25) is 4.79 Å². The Morgan fingerprint density at radius 2 is 2.06 bits per heavy atom. The summed E-state index contributed by atoms with van der Waals surface area (Å²) in [6.45, 7) is 2.87. The van der Waals surface area contributed by atoms with Crippen LogP contribution in [0, 0.1) is 5.92 Å². The molecule has 1 aliphatic rings. The third-order valence-electron chi connectivity index (χ3n) is 3.38. The van der Waals surface area contributed by atoms with E-state index < -0.39 is 0 Å². The van der Waals surface area contributed by atoms with Crippen LogP contribution < -0.4 is 0 Å². The SMILES string of the molecule is CCOC(=O)CC(COC)(C1CC1)N(C)C. The van der Waals surface area contributed by atoms with Gasteiger partial charge in [0.2, 0.25) is 0 Å². The van der Waals surface area contributed by atoms with Crippen molar-refractivity contribution >= 4 is 5.97 Å². The molecule has 0 aliphatic heterocycles. The molecule has 0 amide bonds. The van der Waals surface area contributed by atoms with Crippen molar-refractivity contribution in [2.24, 2.45) is 5.92 Å². The lowest BCUT2D eigenvalue weighted by Crippen LogP contribution is -2.51. The van der Waals surface area contributed by atoms with E-state index in [0.717, 1.165) is 0 Å². The zero-order valence-corrected chi connectivity index (χ0v) is 10.8. The van der Waals surface area contributed by atoms with Gasteiger partial charge in [-0.25, -0.2) is 0 Å². The number of esters is 1. The molecule has 1 rings (SSSR count). The number of ether oxygens (including phenoxy) is 2. The lowest BCUT2D eigenvalue weighted by Gasteiger charge is -2.39. The topological polar surface area (TPSA) is 38.8 Å². The molecule has 4 nitrogen and oxygen atoms in total. The first-order chi connectivity index (χ1) is 7.56. The predicted octanol–water partition coefficient (Wildman–Crippen LogP) is 1.30. The molecule has 1 aliphatic carbocycles. The van der Waals surface area contributed by atoms with Crippen LogP contribution >= 0.6 is 0 Å². The third-order valence-corrected chi connectivity index (χ3v) is 3.38. The standard InChI is InChI=1S/C12H23NO3/c1-5-16-11(14)8-12(9-15-4,13(2)3)10-6-7-10/h10H,5-9H2,1-4H3. The lowest BCUT2D eigenvalue weighted by atomic mass is 9.88. The smallest absolute Gasteiger partial charge is 0.307 e. The number of hydrogen-bond acceptors (Lipinski definition) is 4. The van der Waals surface area contributed by atoms with Crippen molar-refractivity contribution in [2.45, 2.75) is 31.7 Å². The first-order valence-corrected chi connectivity index (χ1v) is 5.88. The highest BCUT2D eigenvalue weighted by Crippen LogP contribution is 2.44. The van der Waals surface area contributed by atoms with Crippen LogP contribution in [0.15, 0.2) is 0 Å². The van der Waals surface area contributed by atoms with Crippen LogP contribution in [0.5, 0.6) is 0 Å². The van der Waals surface area contributed by atoms with Crippen LogP contribution in [-0.2, 0) is 14.3 Å². The van der Waals surface area contributed by atoms with Crippen molar-refractivity contribution in [3.8, 4) is 0 Å². The number of rotatable bonds is 7. The molecule has 0 aromatic rings. The maximum Gasteiger partial charge on any atom is 0.307 e. The largest absolute Gasteiger partial charge is 0.466 e. The number of nitrogens with zero attached hydrogens (tertiary/aromatic N) is 1. The van der Waals surface area contributed by atoms with Crippen LogP contribution in [0.4, 0.5) is 0 Å². The van der Waals surface area contributed by atoms with E-state index in [1.807, 2.05) is 21.0 Å². The van der Waals surface area contributed by atoms with Crippen LogP contribution in [0.1, 0.15) is 26.2 Å². The molecule has 4 heteroatoms. The summed E-state index contributed by atoms with van der Waals surface area (Å²) in [5.74, 6) is 0.437. The quantitative estimate of drug-likeness (QED) is 0.617. The van der Waals surface area contributed by atoms with Crippen molar-refractivity contribution < 1.29 is 14.3 Å². The van der Waals surface area contributed by atoms with Gasteiger partial charge in [-0.2, -0.15) is 0 Å². The highest BCUT2D eigenvalue weighted by Gasteiger charge is 2.48. The molecule has 1 fully saturated rings. The Bertz CT molecular complexity index is 234. The van der Waals surface area contributed by atoms with Gasteiger partial charge in [0, 0.05) is 7.11 Å². The molecular formula is C12H23NO3. The molecule has 1 unspecified atom stereocenters. The average Bonchev–Trinajstić information content (AvgIpc) is 3.00. The summed E-state index contributed by atoms with van der Waals surface area (Å²) in [5.41, 5.74) is -0.180. The summed E-state index contributed by atoms with van der Waals surface area (Å²) >= 11 is 0. The van der Waals surface area contributed by atoms with Crippen molar-refractivity contribution in [1.29, 1.82) is 0 Å². The Balaban J connectivity index is 2.71. The summed E-state index contributed by atoms with van der Waals surface area (Å²) in [6, 6.07) is 0. The van der Waals surface area contributed by atoms with Crippen molar-refractivity contribution in [3.05, 3.63) is 0 Å². The molecule has 1 atom stereocenters. The van der Waals surface area contributed by atoms with Gasteiger partial charge >= 0.3 is 5.97 Å². The van der Waals surface area contributed by atoms with E-state index in [1.54, 1.807) is 7.11 Å². The summed E-state index contributed by atoms with van der Waals surface area (Å²) in [4.78, 5) is 13.8. The second-order valence-electron chi connectivity index (χ2n) is 4.69. The highest BCUT2D eigenvalue weighted by atomic mass is 16.5. The summed E-state index contributed by atoms with van der Waals surface area (Å²) in [7, 11) is 5.71. The molecule has 0 spiro atoms. The molecule has 0 N–H and O–H groups in total. The summed E-state index contributed by atoms with van der Waals surface area (Å²) < 4.78 is 10.4. The lowest BCUT2D eigenvalue weighted by molar-refractivity contribution is -0.148. The van der Waals surface area contributed by atoms with Gasteiger partial charge in [0.15, 0.2) is 0 Å². The van der Waals surface area contributed by atoms with Gasteiger partial charge < -0.3 is 14.4 Å². The van der Waals surface area contributed by atoms with E-state index in [4.69, 9.17) is 9.47 Å². The highest BCUT2D eigenvalue weighted by molar-refractivity contribution is 5.71. The van der Waals surface area contributed by atoms with Crippen LogP contribution in [0.2, 0.25) is 0 Å². The van der Waals surface area contributed by atoms with Crippen molar-refractivity contribution in [1.82, 2.24) is 4.90 Å². The fraction of sp³-hybridized carbons (Fsp3) is 0.917. The Hall–Kier alpha value is -0.610. The minimum absolute atomic E-state index is 0.125. The van der Waals surface area contributed by atoms with E-state index in [-0.39, 0.29) is 11.5 Å². The Morgan fingerprint density at radius 3 is 2.44 bits per heavy atom. The summed E-state index contributed by atoms with van der Waals surface area (Å²) in [6.07, 6.45) is 2.79. The molecule has 1 saturated carbocycles. The normalized spacial score (nSPS) is 19.6. The van der Waals surface area contributed by atoms with Crippen LogP contribution in [-0.4, -0.2) is 50.8 Å². The third kappa shape index (κ3) is 2.95. The van der Waals surface area contributed by atoms with Crippen molar-refractivity contribution in [2.75, 3.05) is 34.4 Å². The molecular weight excluding hydrogens is 206 g/mol. The Morgan fingerprint density at radius 1 is 1.44 bits per heavy atom.